The summed E-state index contributed by atoms with van der Waals surface area (Å²) in [5.41, 5.74) is 2.36. The number of benzene rings is 1. The Morgan fingerprint density at radius 3 is 2.39 bits per heavy atom. The summed E-state index contributed by atoms with van der Waals surface area (Å²) in [6.07, 6.45) is 0. The highest BCUT2D eigenvalue weighted by Crippen LogP contribution is 2.38. The molecule has 0 radical (unpaired) electrons. The zero-order valence-corrected chi connectivity index (χ0v) is 15.0. The third-order valence-electron chi connectivity index (χ3n) is 4.24. The van der Waals surface area contributed by atoms with Crippen LogP contribution in [0.1, 0.15) is 33.3 Å². The molecule has 1 aromatic rings. The summed E-state index contributed by atoms with van der Waals surface area (Å²) in [5, 5.41) is 2.87. The highest BCUT2D eigenvalue weighted by molar-refractivity contribution is 5.74. The number of amides is 2. The number of rotatable bonds is 3. The maximum Gasteiger partial charge on any atom is 0.317 e. The number of nitrogens with zero attached hydrogens (tertiary/aromatic N) is 2. The molecule has 5 nitrogen and oxygen atoms in total. The summed E-state index contributed by atoms with van der Waals surface area (Å²) in [7, 11) is 1.74. The molecule has 1 fully saturated rings. The zero-order chi connectivity index (χ0) is 17.0. The minimum atomic E-state index is 0.0301. The Kier molecular flexibility index (Phi) is 5.39. The van der Waals surface area contributed by atoms with E-state index in [1.165, 1.54) is 5.56 Å². The van der Waals surface area contributed by atoms with Crippen molar-refractivity contribution >= 4 is 11.7 Å². The van der Waals surface area contributed by atoms with E-state index in [9.17, 15) is 4.79 Å². The number of para-hydroxylation sites is 1. The molecule has 128 valence electrons. The van der Waals surface area contributed by atoms with Gasteiger partial charge >= 0.3 is 6.03 Å². The number of anilines is 1. The van der Waals surface area contributed by atoms with Gasteiger partial charge in [-0.1, -0.05) is 32.9 Å². The van der Waals surface area contributed by atoms with E-state index in [1.54, 1.807) is 7.11 Å². The zero-order valence-electron chi connectivity index (χ0n) is 15.0. The Hall–Kier alpha value is -1.91. The molecule has 23 heavy (non-hydrogen) atoms. The molecule has 0 spiro atoms. The van der Waals surface area contributed by atoms with Crippen molar-refractivity contribution in [2.24, 2.45) is 0 Å². The molecule has 1 aromatic carbocycles. The highest BCUT2D eigenvalue weighted by atomic mass is 16.5. The van der Waals surface area contributed by atoms with Crippen LogP contribution in [-0.4, -0.2) is 50.8 Å². The Morgan fingerprint density at radius 2 is 1.87 bits per heavy atom. The molecule has 1 aliphatic rings. The molecular weight excluding hydrogens is 290 g/mol. The molecule has 1 N–H and O–H groups in total. The minimum absolute atomic E-state index is 0.0301. The fourth-order valence-corrected chi connectivity index (χ4v) is 2.99. The van der Waals surface area contributed by atoms with Crippen LogP contribution in [0.5, 0.6) is 5.75 Å². The Labute approximate surface area is 139 Å². The van der Waals surface area contributed by atoms with Crippen LogP contribution in [0.25, 0.3) is 0 Å². The second-order valence-corrected chi connectivity index (χ2v) is 6.92. The summed E-state index contributed by atoms with van der Waals surface area (Å²) in [6.45, 7) is 12.3. The SMILES string of the molecule is CCNC(=O)N1CCN(c2cccc(C(C)(C)C)c2OC)CC1. The Morgan fingerprint density at radius 1 is 1.22 bits per heavy atom. The number of carbonyl (C=O) groups is 1. The van der Waals surface area contributed by atoms with Crippen LogP contribution in [0, 0.1) is 0 Å². The third-order valence-corrected chi connectivity index (χ3v) is 4.24. The number of nitrogens with one attached hydrogen (secondary N) is 1. The lowest BCUT2D eigenvalue weighted by molar-refractivity contribution is 0.195. The van der Waals surface area contributed by atoms with Gasteiger partial charge in [-0.05, 0) is 18.4 Å². The highest BCUT2D eigenvalue weighted by Gasteiger charge is 2.26. The molecule has 0 atom stereocenters. The summed E-state index contributed by atoms with van der Waals surface area (Å²) in [5.74, 6) is 0.950. The van der Waals surface area contributed by atoms with Gasteiger partial charge in [-0.3, -0.25) is 0 Å². The van der Waals surface area contributed by atoms with Crippen LogP contribution in [0.2, 0.25) is 0 Å². The van der Waals surface area contributed by atoms with Gasteiger partial charge in [-0.15, -0.1) is 0 Å². The van der Waals surface area contributed by atoms with Gasteiger partial charge < -0.3 is 19.9 Å². The van der Waals surface area contributed by atoms with Crippen molar-refractivity contribution in [3.8, 4) is 5.75 Å². The van der Waals surface area contributed by atoms with Gasteiger partial charge in [0.15, 0.2) is 0 Å². The number of methoxy groups -OCH3 is 1. The molecule has 1 heterocycles. The van der Waals surface area contributed by atoms with E-state index in [1.807, 2.05) is 11.8 Å². The van der Waals surface area contributed by atoms with Crippen molar-refractivity contribution in [1.29, 1.82) is 0 Å². The van der Waals surface area contributed by atoms with Crippen LogP contribution in [-0.2, 0) is 5.41 Å². The van der Waals surface area contributed by atoms with Crippen molar-refractivity contribution in [3.05, 3.63) is 23.8 Å². The molecule has 0 saturated carbocycles. The van der Waals surface area contributed by atoms with Gasteiger partial charge in [-0.2, -0.15) is 0 Å². The van der Waals surface area contributed by atoms with Crippen molar-refractivity contribution < 1.29 is 9.53 Å². The summed E-state index contributed by atoms with van der Waals surface area (Å²) in [6, 6.07) is 6.36. The van der Waals surface area contributed by atoms with Crippen LogP contribution in [0.4, 0.5) is 10.5 Å². The minimum Gasteiger partial charge on any atom is -0.494 e. The van der Waals surface area contributed by atoms with Crippen LogP contribution in [0.3, 0.4) is 0 Å². The molecule has 1 aliphatic heterocycles. The van der Waals surface area contributed by atoms with Gasteiger partial charge in [0.05, 0.1) is 12.8 Å². The molecule has 1 saturated heterocycles. The van der Waals surface area contributed by atoms with E-state index in [2.05, 4.69) is 49.2 Å². The molecule has 5 heteroatoms. The first-order valence-corrected chi connectivity index (χ1v) is 8.33. The molecular formula is C18H29N3O2. The van der Waals surface area contributed by atoms with Crippen molar-refractivity contribution in [2.45, 2.75) is 33.1 Å². The maximum absolute atomic E-state index is 11.9. The topological polar surface area (TPSA) is 44.8 Å². The summed E-state index contributed by atoms with van der Waals surface area (Å²) < 4.78 is 5.73. The predicted octanol–water partition coefficient (Wildman–Crippen LogP) is 2.84. The first-order chi connectivity index (χ1) is 10.9. The van der Waals surface area contributed by atoms with E-state index < -0.39 is 0 Å². The summed E-state index contributed by atoms with van der Waals surface area (Å²) in [4.78, 5) is 16.1. The molecule has 2 rings (SSSR count). The van der Waals surface area contributed by atoms with Crippen LogP contribution < -0.4 is 15.0 Å². The number of urea groups is 1. The maximum atomic E-state index is 11.9. The van der Waals surface area contributed by atoms with Crippen molar-refractivity contribution in [2.75, 3.05) is 44.7 Å². The summed E-state index contributed by atoms with van der Waals surface area (Å²) >= 11 is 0. The molecule has 0 bridgehead atoms. The number of hydrogen-bond donors (Lipinski definition) is 1. The normalized spacial score (nSPS) is 15.5. The predicted molar refractivity (Wildman–Crippen MR) is 94.6 cm³/mol. The average Bonchev–Trinajstić information content (AvgIpc) is 2.53. The standard InChI is InChI=1S/C18H29N3O2/c1-6-19-17(22)21-12-10-20(11-13-21)15-9-7-8-14(16(15)23-5)18(2,3)4/h7-9H,6,10-13H2,1-5H3,(H,19,22). The van der Waals surface area contributed by atoms with Crippen molar-refractivity contribution in [3.63, 3.8) is 0 Å². The van der Waals surface area contributed by atoms with Crippen molar-refractivity contribution in [1.82, 2.24) is 10.2 Å². The molecule has 0 unspecified atom stereocenters. The molecule has 0 aliphatic carbocycles. The van der Waals surface area contributed by atoms with Crippen LogP contribution in [0.15, 0.2) is 18.2 Å². The van der Waals surface area contributed by atoms with Gasteiger partial charge in [0, 0.05) is 38.3 Å². The van der Waals surface area contributed by atoms with Crippen LogP contribution >= 0.6 is 0 Å². The lowest BCUT2D eigenvalue weighted by Crippen LogP contribution is -2.51. The molecule has 0 aromatic heterocycles. The fraction of sp³-hybridized carbons (Fsp3) is 0.611. The first kappa shape index (κ1) is 17.4. The first-order valence-electron chi connectivity index (χ1n) is 8.33. The third kappa shape index (κ3) is 3.89. The van der Waals surface area contributed by atoms with E-state index in [4.69, 9.17) is 4.74 Å². The van der Waals surface area contributed by atoms with Gasteiger partial charge in [0.25, 0.3) is 0 Å². The van der Waals surface area contributed by atoms with E-state index >= 15 is 0 Å². The second-order valence-electron chi connectivity index (χ2n) is 6.92. The van der Waals surface area contributed by atoms with Gasteiger partial charge in [-0.25, -0.2) is 4.79 Å². The smallest absolute Gasteiger partial charge is 0.317 e. The quantitative estimate of drug-likeness (QED) is 0.932. The largest absolute Gasteiger partial charge is 0.494 e. The second kappa shape index (κ2) is 7.11. The fourth-order valence-electron chi connectivity index (χ4n) is 2.99. The number of ether oxygens (including phenoxy) is 1. The van der Waals surface area contributed by atoms with Gasteiger partial charge in [0.2, 0.25) is 0 Å². The van der Waals surface area contributed by atoms with E-state index in [0.29, 0.717) is 6.54 Å². The van der Waals surface area contributed by atoms with Gasteiger partial charge in [0.1, 0.15) is 5.75 Å². The van der Waals surface area contributed by atoms with E-state index in [-0.39, 0.29) is 11.4 Å². The average molecular weight is 319 g/mol. The number of hydrogen-bond acceptors (Lipinski definition) is 3. The molecule has 2 amide bonds. The monoisotopic (exact) mass is 319 g/mol. The number of piperazine rings is 1. The lowest BCUT2D eigenvalue weighted by Gasteiger charge is -2.37. The number of carbonyl (C=O) groups excluding carboxylic acids is 1. The Bertz CT molecular complexity index is 544. The lowest BCUT2D eigenvalue weighted by atomic mass is 9.86. The van der Waals surface area contributed by atoms with E-state index in [0.717, 1.165) is 37.6 Å². The Balaban J connectivity index is 2.17.